The van der Waals surface area contributed by atoms with E-state index in [4.69, 9.17) is 4.74 Å². The molecule has 1 aliphatic carbocycles. The molecule has 1 aromatic heterocycles. The summed E-state index contributed by atoms with van der Waals surface area (Å²) < 4.78 is 7.80. The molecule has 0 spiro atoms. The molecule has 0 amide bonds. The molecule has 1 N–H and O–H groups in total. The standard InChI is InChI=1S/C22H26N4O2S/c1-15-10-11-16(2)20(12-15)26-22(23-24-25-26)29-14-18(27)13-28-21-9-5-7-17-6-3-4-8-19(17)21/h3-4,6,8,10-12,18,21,27H,5,7,9,13-14H2,1-2H3/t18-,21+/m0/s1. The Balaban J connectivity index is 1.35. The minimum absolute atomic E-state index is 0.0693. The van der Waals surface area contributed by atoms with Crippen LogP contribution in [0.1, 0.15) is 41.2 Å². The van der Waals surface area contributed by atoms with Crippen LogP contribution >= 0.6 is 11.8 Å². The molecule has 1 heterocycles. The van der Waals surface area contributed by atoms with Crippen LogP contribution in [0.2, 0.25) is 0 Å². The zero-order valence-corrected chi connectivity index (χ0v) is 17.6. The Hall–Kier alpha value is -2.22. The van der Waals surface area contributed by atoms with Crippen molar-refractivity contribution in [2.45, 2.75) is 50.5 Å². The van der Waals surface area contributed by atoms with Crippen LogP contribution in [0.15, 0.2) is 47.6 Å². The van der Waals surface area contributed by atoms with Gasteiger partial charge in [-0.1, -0.05) is 48.2 Å². The fraction of sp³-hybridized carbons (Fsp3) is 0.409. The van der Waals surface area contributed by atoms with E-state index in [0.29, 0.717) is 17.5 Å². The quantitative estimate of drug-likeness (QED) is 0.597. The first-order valence-corrected chi connectivity index (χ1v) is 11.0. The SMILES string of the molecule is Cc1ccc(C)c(-n2nnnc2SC[C@@H](O)CO[C@@H]2CCCc3ccccc32)c1. The van der Waals surface area contributed by atoms with Gasteiger partial charge >= 0.3 is 0 Å². The van der Waals surface area contributed by atoms with E-state index in [9.17, 15) is 5.11 Å². The zero-order chi connectivity index (χ0) is 20.2. The van der Waals surface area contributed by atoms with Crippen molar-refractivity contribution < 1.29 is 9.84 Å². The number of hydrogen-bond acceptors (Lipinski definition) is 6. The molecule has 2 atom stereocenters. The summed E-state index contributed by atoms with van der Waals surface area (Å²) in [6.45, 7) is 4.39. The number of ether oxygens (including phenoxy) is 1. The van der Waals surface area contributed by atoms with E-state index in [0.717, 1.165) is 36.1 Å². The summed E-state index contributed by atoms with van der Waals surface area (Å²) in [7, 11) is 0. The summed E-state index contributed by atoms with van der Waals surface area (Å²) in [4.78, 5) is 0. The van der Waals surface area contributed by atoms with Gasteiger partial charge in [0.1, 0.15) is 0 Å². The maximum Gasteiger partial charge on any atom is 0.214 e. The third-order valence-corrected chi connectivity index (χ3v) is 6.31. The van der Waals surface area contributed by atoms with Crippen LogP contribution in [0.4, 0.5) is 0 Å². The average Bonchev–Trinajstić information content (AvgIpc) is 3.21. The first-order valence-electron chi connectivity index (χ1n) is 9.98. The monoisotopic (exact) mass is 410 g/mol. The van der Waals surface area contributed by atoms with Gasteiger partial charge in [-0.3, -0.25) is 0 Å². The summed E-state index contributed by atoms with van der Waals surface area (Å²) in [5.74, 6) is 0.472. The predicted octanol–water partition coefficient (Wildman–Crippen LogP) is 3.83. The van der Waals surface area contributed by atoms with Gasteiger partial charge in [-0.2, -0.15) is 4.68 Å². The average molecular weight is 411 g/mol. The molecule has 3 aromatic rings. The molecular formula is C22H26N4O2S. The van der Waals surface area contributed by atoms with Gasteiger partial charge in [0.25, 0.3) is 0 Å². The highest BCUT2D eigenvalue weighted by Gasteiger charge is 2.21. The third kappa shape index (κ3) is 4.69. The van der Waals surface area contributed by atoms with Gasteiger partial charge in [-0.05, 0) is 71.9 Å². The molecule has 0 aliphatic heterocycles. The largest absolute Gasteiger partial charge is 0.390 e. The Kier molecular flexibility index (Phi) is 6.28. The number of aliphatic hydroxyl groups is 1. The van der Waals surface area contributed by atoms with E-state index in [1.165, 1.54) is 22.9 Å². The van der Waals surface area contributed by atoms with Crippen LogP contribution in [0.25, 0.3) is 5.69 Å². The Labute approximate surface area is 175 Å². The third-order valence-electron chi connectivity index (χ3n) is 5.24. The number of hydrogen-bond donors (Lipinski definition) is 1. The highest BCUT2D eigenvalue weighted by molar-refractivity contribution is 7.99. The molecule has 4 rings (SSSR count). The van der Waals surface area contributed by atoms with Crippen molar-refractivity contribution in [2.75, 3.05) is 12.4 Å². The van der Waals surface area contributed by atoms with Crippen LogP contribution in [-0.2, 0) is 11.2 Å². The van der Waals surface area contributed by atoms with Crippen LogP contribution in [-0.4, -0.2) is 43.8 Å². The lowest BCUT2D eigenvalue weighted by atomic mass is 9.89. The van der Waals surface area contributed by atoms with Crippen molar-refractivity contribution in [2.24, 2.45) is 0 Å². The van der Waals surface area contributed by atoms with Gasteiger partial charge in [0.2, 0.25) is 5.16 Å². The number of fused-ring (bicyclic) bond motifs is 1. The maximum absolute atomic E-state index is 10.5. The number of benzene rings is 2. The molecule has 152 valence electrons. The molecule has 7 heteroatoms. The van der Waals surface area contributed by atoms with E-state index in [1.807, 2.05) is 13.8 Å². The smallest absolute Gasteiger partial charge is 0.214 e. The van der Waals surface area contributed by atoms with Crippen LogP contribution in [0.3, 0.4) is 0 Å². The minimum atomic E-state index is -0.585. The van der Waals surface area contributed by atoms with Crippen molar-refractivity contribution in [3.8, 4) is 5.69 Å². The molecule has 1 aliphatic rings. The molecule has 2 aromatic carbocycles. The lowest BCUT2D eigenvalue weighted by Crippen LogP contribution is -2.22. The van der Waals surface area contributed by atoms with Crippen molar-refractivity contribution >= 4 is 11.8 Å². The molecule has 0 radical (unpaired) electrons. The van der Waals surface area contributed by atoms with E-state index >= 15 is 0 Å². The Morgan fingerprint density at radius 2 is 2.10 bits per heavy atom. The van der Waals surface area contributed by atoms with Crippen molar-refractivity contribution in [3.05, 3.63) is 64.7 Å². The second-order valence-electron chi connectivity index (χ2n) is 7.54. The number of tetrazole rings is 1. The second kappa shape index (κ2) is 9.07. The summed E-state index contributed by atoms with van der Waals surface area (Å²) >= 11 is 1.44. The lowest BCUT2D eigenvalue weighted by molar-refractivity contribution is -0.00960. The summed E-state index contributed by atoms with van der Waals surface area (Å²) in [5.41, 5.74) is 5.84. The van der Waals surface area contributed by atoms with E-state index < -0.39 is 6.10 Å². The Morgan fingerprint density at radius 1 is 1.24 bits per heavy atom. The second-order valence-corrected chi connectivity index (χ2v) is 8.53. The zero-order valence-electron chi connectivity index (χ0n) is 16.8. The first kappa shape index (κ1) is 20.1. The lowest BCUT2D eigenvalue weighted by Gasteiger charge is -2.26. The normalized spacial score (nSPS) is 17.1. The van der Waals surface area contributed by atoms with Gasteiger partial charge in [0.15, 0.2) is 0 Å². The topological polar surface area (TPSA) is 73.1 Å². The highest BCUT2D eigenvalue weighted by Crippen LogP contribution is 2.32. The first-order chi connectivity index (χ1) is 14.1. The predicted molar refractivity (Wildman–Crippen MR) is 113 cm³/mol. The maximum atomic E-state index is 10.5. The van der Waals surface area contributed by atoms with Crippen LogP contribution < -0.4 is 0 Å². The van der Waals surface area contributed by atoms with Gasteiger partial charge in [0, 0.05) is 5.75 Å². The summed E-state index contributed by atoms with van der Waals surface area (Å²) in [6, 6.07) is 14.6. The van der Waals surface area contributed by atoms with E-state index in [-0.39, 0.29) is 6.10 Å². The molecule has 0 fully saturated rings. The molecule has 0 bridgehead atoms. The fourth-order valence-corrected chi connectivity index (χ4v) is 4.49. The number of aryl methyl sites for hydroxylation is 3. The molecule has 0 unspecified atom stereocenters. The van der Waals surface area contributed by atoms with Gasteiger partial charge in [-0.15, -0.1) is 5.10 Å². The molecular weight excluding hydrogens is 384 g/mol. The molecule has 29 heavy (non-hydrogen) atoms. The van der Waals surface area contributed by atoms with Gasteiger partial charge in [-0.25, -0.2) is 0 Å². The van der Waals surface area contributed by atoms with Gasteiger partial charge in [0.05, 0.1) is 24.5 Å². The summed E-state index contributed by atoms with van der Waals surface area (Å²) in [5, 5.41) is 23.2. The molecule has 0 saturated carbocycles. The van der Waals surface area contributed by atoms with Crippen molar-refractivity contribution in [3.63, 3.8) is 0 Å². The van der Waals surface area contributed by atoms with Crippen molar-refractivity contribution in [1.29, 1.82) is 0 Å². The molecule has 6 nitrogen and oxygen atoms in total. The van der Waals surface area contributed by atoms with Crippen LogP contribution in [0.5, 0.6) is 0 Å². The van der Waals surface area contributed by atoms with E-state index in [2.05, 4.69) is 58.0 Å². The number of nitrogens with zero attached hydrogens (tertiary/aromatic N) is 4. The Bertz CT molecular complexity index is 975. The van der Waals surface area contributed by atoms with E-state index in [1.54, 1.807) is 4.68 Å². The van der Waals surface area contributed by atoms with Crippen LogP contribution in [0, 0.1) is 13.8 Å². The highest BCUT2D eigenvalue weighted by atomic mass is 32.2. The summed E-state index contributed by atoms with van der Waals surface area (Å²) in [6.07, 6.45) is 2.71. The van der Waals surface area contributed by atoms with Crippen molar-refractivity contribution in [1.82, 2.24) is 20.2 Å². The number of thioether (sulfide) groups is 1. The minimum Gasteiger partial charge on any atom is -0.390 e. The fourth-order valence-electron chi connectivity index (χ4n) is 3.70. The van der Waals surface area contributed by atoms with Gasteiger partial charge < -0.3 is 9.84 Å². The number of rotatable bonds is 7. The Morgan fingerprint density at radius 3 is 3.00 bits per heavy atom. The number of aromatic nitrogens is 4. The molecule has 0 saturated heterocycles. The number of aliphatic hydroxyl groups excluding tert-OH is 1.